The highest BCUT2D eigenvalue weighted by molar-refractivity contribution is 5.88. The highest BCUT2D eigenvalue weighted by Crippen LogP contribution is 2.14. The van der Waals surface area contributed by atoms with Crippen LogP contribution in [0, 0.1) is 25.5 Å². The normalized spacial score (nSPS) is 10.7. The Labute approximate surface area is 119 Å². The van der Waals surface area contributed by atoms with Crippen LogP contribution in [0.2, 0.25) is 0 Å². The van der Waals surface area contributed by atoms with E-state index in [1.165, 1.54) is 25.1 Å². The molecule has 0 aliphatic rings. The first kappa shape index (κ1) is 14.9. The van der Waals surface area contributed by atoms with Crippen LogP contribution in [-0.2, 0) is 6.54 Å². The molecule has 0 radical (unpaired) electrons. The summed E-state index contributed by atoms with van der Waals surface area (Å²) in [5.41, 5.74) is -0.298. The van der Waals surface area contributed by atoms with Crippen LogP contribution < -0.4 is 5.56 Å². The number of halogens is 2. The third kappa shape index (κ3) is 2.69. The summed E-state index contributed by atoms with van der Waals surface area (Å²) in [5, 5.41) is 9.08. The molecule has 6 heteroatoms. The lowest BCUT2D eigenvalue weighted by molar-refractivity contribution is 0.0693. The van der Waals surface area contributed by atoms with Gasteiger partial charge < -0.3 is 9.67 Å². The van der Waals surface area contributed by atoms with E-state index in [-0.39, 0.29) is 17.7 Å². The van der Waals surface area contributed by atoms with Gasteiger partial charge in [0.2, 0.25) is 0 Å². The first-order chi connectivity index (χ1) is 9.82. The average Bonchev–Trinajstić information content (AvgIpc) is 2.38. The molecule has 1 aromatic carbocycles. The van der Waals surface area contributed by atoms with Crippen LogP contribution in [0.25, 0.3) is 0 Å². The number of aromatic nitrogens is 1. The second-order valence-corrected chi connectivity index (χ2v) is 4.75. The molecule has 0 spiro atoms. The van der Waals surface area contributed by atoms with Gasteiger partial charge in [0.15, 0.2) is 11.6 Å². The first-order valence-corrected chi connectivity index (χ1v) is 6.20. The largest absolute Gasteiger partial charge is 0.477 e. The zero-order valence-electron chi connectivity index (χ0n) is 11.5. The molecule has 110 valence electrons. The molecule has 2 aromatic rings. The molecule has 0 amide bonds. The van der Waals surface area contributed by atoms with Crippen LogP contribution in [0.1, 0.15) is 27.2 Å². The molecule has 0 atom stereocenters. The lowest BCUT2D eigenvalue weighted by Crippen LogP contribution is -2.30. The molecular formula is C15H13F2NO3. The third-order valence-corrected chi connectivity index (χ3v) is 3.28. The van der Waals surface area contributed by atoms with E-state index >= 15 is 0 Å². The molecular weight excluding hydrogens is 280 g/mol. The van der Waals surface area contributed by atoms with Crippen LogP contribution in [0.3, 0.4) is 0 Å². The van der Waals surface area contributed by atoms with E-state index in [9.17, 15) is 18.4 Å². The van der Waals surface area contributed by atoms with Gasteiger partial charge in [-0.25, -0.2) is 13.6 Å². The Morgan fingerprint density at radius 1 is 1.29 bits per heavy atom. The summed E-state index contributed by atoms with van der Waals surface area (Å²) in [6.45, 7) is 2.90. The van der Waals surface area contributed by atoms with Gasteiger partial charge in [0, 0.05) is 11.3 Å². The maximum atomic E-state index is 13.7. The number of carboxylic acids is 1. The van der Waals surface area contributed by atoms with E-state index in [0.717, 1.165) is 10.6 Å². The molecule has 0 aliphatic carbocycles. The van der Waals surface area contributed by atoms with Crippen molar-refractivity contribution in [3.63, 3.8) is 0 Å². The van der Waals surface area contributed by atoms with Crippen LogP contribution in [-0.4, -0.2) is 15.6 Å². The summed E-state index contributed by atoms with van der Waals surface area (Å²) in [6.07, 6.45) is 0. The van der Waals surface area contributed by atoms with Gasteiger partial charge in [0.25, 0.3) is 5.56 Å². The van der Waals surface area contributed by atoms with Gasteiger partial charge in [-0.2, -0.15) is 0 Å². The van der Waals surface area contributed by atoms with Crippen molar-refractivity contribution in [3.8, 4) is 0 Å². The Morgan fingerprint density at radius 3 is 2.57 bits per heavy atom. The fourth-order valence-electron chi connectivity index (χ4n) is 2.22. The minimum atomic E-state index is -1.34. The predicted molar refractivity (Wildman–Crippen MR) is 72.6 cm³/mol. The number of hydrogen-bond donors (Lipinski definition) is 1. The second-order valence-electron chi connectivity index (χ2n) is 4.75. The standard InChI is InChI=1S/C15H13F2NO3/c1-8-6-9(2)18(14(19)12(8)15(20)21)7-10-4-3-5-11(16)13(10)17/h3-6H,7H2,1-2H3,(H,20,21). The van der Waals surface area contributed by atoms with Crippen LogP contribution in [0.4, 0.5) is 8.78 Å². The molecule has 2 rings (SSSR count). The van der Waals surface area contributed by atoms with Crippen molar-refractivity contribution in [2.24, 2.45) is 0 Å². The number of carbonyl (C=O) groups is 1. The fourth-order valence-corrected chi connectivity index (χ4v) is 2.22. The summed E-state index contributed by atoms with van der Waals surface area (Å²) >= 11 is 0. The van der Waals surface area contributed by atoms with E-state index in [1.807, 2.05) is 0 Å². The average molecular weight is 293 g/mol. The molecule has 0 aliphatic heterocycles. The molecule has 0 unspecified atom stereocenters. The summed E-state index contributed by atoms with van der Waals surface area (Å²) in [4.78, 5) is 23.4. The number of hydrogen-bond acceptors (Lipinski definition) is 2. The van der Waals surface area contributed by atoms with E-state index in [0.29, 0.717) is 11.3 Å². The maximum Gasteiger partial charge on any atom is 0.341 e. The van der Waals surface area contributed by atoms with Crippen LogP contribution in [0.5, 0.6) is 0 Å². The summed E-state index contributed by atoms with van der Waals surface area (Å²) in [6, 6.07) is 5.19. The zero-order chi connectivity index (χ0) is 15.7. The Balaban J connectivity index is 2.60. The number of pyridine rings is 1. The van der Waals surface area contributed by atoms with Crippen LogP contribution >= 0.6 is 0 Å². The number of aryl methyl sites for hydroxylation is 2. The van der Waals surface area contributed by atoms with Crippen molar-refractivity contribution in [2.75, 3.05) is 0 Å². The van der Waals surface area contributed by atoms with Crippen molar-refractivity contribution in [2.45, 2.75) is 20.4 Å². The van der Waals surface area contributed by atoms with Crippen molar-refractivity contribution in [1.82, 2.24) is 4.57 Å². The Hall–Kier alpha value is -2.50. The summed E-state index contributed by atoms with van der Waals surface area (Å²) in [5.74, 6) is -3.39. The topological polar surface area (TPSA) is 59.3 Å². The third-order valence-electron chi connectivity index (χ3n) is 3.28. The molecule has 21 heavy (non-hydrogen) atoms. The van der Waals surface area contributed by atoms with Crippen LogP contribution in [0.15, 0.2) is 29.1 Å². The molecule has 0 saturated heterocycles. The van der Waals surface area contributed by atoms with Gasteiger partial charge in [0.05, 0.1) is 6.54 Å². The molecule has 4 nitrogen and oxygen atoms in total. The second kappa shape index (κ2) is 5.47. The van der Waals surface area contributed by atoms with Crippen molar-refractivity contribution in [1.29, 1.82) is 0 Å². The fraction of sp³-hybridized carbons (Fsp3) is 0.200. The highest BCUT2D eigenvalue weighted by atomic mass is 19.2. The quantitative estimate of drug-likeness (QED) is 0.946. The molecule has 1 N–H and O–H groups in total. The summed E-state index contributed by atoms with van der Waals surface area (Å²) in [7, 11) is 0. The highest BCUT2D eigenvalue weighted by Gasteiger charge is 2.18. The minimum Gasteiger partial charge on any atom is -0.477 e. The number of rotatable bonds is 3. The monoisotopic (exact) mass is 293 g/mol. The van der Waals surface area contributed by atoms with Crippen molar-refractivity contribution >= 4 is 5.97 Å². The predicted octanol–water partition coefficient (Wildman–Crippen LogP) is 2.49. The van der Waals surface area contributed by atoms with Gasteiger partial charge in [-0.3, -0.25) is 4.79 Å². The molecule has 1 heterocycles. The Morgan fingerprint density at radius 2 is 1.95 bits per heavy atom. The van der Waals surface area contributed by atoms with Crippen molar-refractivity contribution in [3.05, 3.63) is 68.6 Å². The lowest BCUT2D eigenvalue weighted by atomic mass is 10.1. The number of benzene rings is 1. The first-order valence-electron chi connectivity index (χ1n) is 6.20. The van der Waals surface area contributed by atoms with Gasteiger partial charge in [-0.05, 0) is 31.5 Å². The summed E-state index contributed by atoms with van der Waals surface area (Å²) < 4.78 is 28.0. The minimum absolute atomic E-state index is 0.0135. The Bertz CT molecular complexity index is 781. The number of nitrogens with zero attached hydrogens (tertiary/aromatic N) is 1. The Kier molecular flexibility index (Phi) is 3.88. The van der Waals surface area contributed by atoms with E-state index in [4.69, 9.17) is 5.11 Å². The maximum absolute atomic E-state index is 13.7. The van der Waals surface area contributed by atoms with E-state index < -0.39 is 23.2 Å². The molecule has 0 bridgehead atoms. The van der Waals surface area contributed by atoms with Gasteiger partial charge >= 0.3 is 5.97 Å². The molecule has 1 aromatic heterocycles. The van der Waals surface area contributed by atoms with E-state index in [1.54, 1.807) is 6.92 Å². The number of aromatic carboxylic acids is 1. The van der Waals surface area contributed by atoms with E-state index in [2.05, 4.69) is 0 Å². The van der Waals surface area contributed by atoms with Gasteiger partial charge in [0.1, 0.15) is 5.56 Å². The smallest absolute Gasteiger partial charge is 0.341 e. The molecule has 0 saturated carbocycles. The van der Waals surface area contributed by atoms with Gasteiger partial charge in [-0.1, -0.05) is 12.1 Å². The van der Waals surface area contributed by atoms with Gasteiger partial charge in [-0.15, -0.1) is 0 Å². The number of carboxylic acid groups (broad SMARTS) is 1. The zero-order valence-corrected chi connectivity index (χ0v) is 11.5. The SMILES string of the molecule is Cc1cc(C)n(Cc2cccc(F)c2F)c(=O)c1C(=O)O. The van der Waals surface area contributed by atoms with Crippen molar-refractivity contribution < 1.29 is 18.7 Å². The lowest BCUT2D eigenvalue weighted by Gasteiger charge is -2.13. The molecule has 0 fully saturated rings.